The van der Waals surface area contributed by atoms with Crippen LogP contribution in [0.3, 0.4) is 0 Å². The molecule has 0 saturated carbocycles. The van der Waals surface area contributed by atoms with Crippen molar-refractivity contribution in [3.63, 3.8) is 0 Å². The number of primary sulfonamides is 1. The van der Waals surface area contributed by atoms with Crippen LogP contribution in [-0.4, -0.2) is 18.2 Å². The number of halogens is 1. The summed E-state index contributed by atoms with van der Waals surface area (Å²) in [4.78, 5) is 1.17. The largest absolute Gasteiger partial charge is 0.238 e. The first kappa shape index (κ1) is 18.9. The Bertz CT molecular complexity index is 1240. The van der Waals surface area contributed by atoms with Gasteiger partial charge in [0.2, 0.25) is 10.0 Å². The summed E-state index contributed by atoms with van der Waals surface area (Å²) in [5.41, 5.74) is 4.57. The molecule has 0 aliphatic heterocycles. The number of aryl methyl sites for hydroxylation is 1. The molecule has 0 amide bonds. The third-order valence-electron chi connectivity index (χ3n) is 4.35. The second-order valence-electron chi connectivity index (χ2n) is 6.31. The Balaban J connectivity index is 1.87. The van der Waals surface area contributed by atoms with Crippen LogP contribution in [0.15, 0.2) is 70.9 Å². The summed E-state index contributed by atoms with van der Waals surface area (Å²) in [6.45, 7) is 2.05. The number of hydrogen-bond acceptors (Lipinski definition) is 4. The first-order valence-electron chi connectivity index (χ1n) is 8.36. The number of hydrogen-bond donors (Lipinski definition) is 1. The molecule has 0 saturated heterocycles. The van der Waals surface area contributed by atoms with Gasteiger partial charge in [-0.05, 0) is 66.4 Å². The lowest BCUT2D eigenvalue weighted by Gasteiger charge is -2.08. The number of thiophene rings is 1. The van der Waals surface area contributed by atoms with Gasteiger partial charge in [-0.1, -0.05) is 23.7 Å². The van der Waals surface area contributed by atoms with Crippen LogP contribution in [0.2, 0.25) is 5.02 Å². The molecule has 8 heteroatoms. The van der Waals surface area contributed by atoms with E-state index in [0.29, 0.717) is 5.02 Å². The predicted molar refractivity (Wildman–Crippen MR) is 113 cm³/mol. The van der Waals surface area contributed by atoms with Crippen molar-refractivity contribution in [2.75, 3.05) is 0 Å². The molecular weight excluding hydrogens is 414 g/mol. The van der Waals surface area contributed by atoms with Gasteiger partial charge in [-0.2, -0.15) is 5.10 Å². The van der Waals surface area contributed by atoms with Crippen molar-refractivity contribution in [2.24, 2.45) is 5.14 Å². The normalized spacial score (nSPS) is 11.7. The zero-order valence-electron chi connectivity index (χ0n) is 14.8. The molecule has 2 heterocycles. The molecule has 2 aromatic carbocycles. The summed E-state index contributed by atoms with van der Waals surface area (Å²) >= 11 is 7.63. The third-order valence-corrected chi connectivity index (χ3v) is 6.57. The van der Waals surface area contributed by atoms with E-state index in [1.54, 1.807) is 23.5 Å². The topological polar surface area (TPSA) is 78.0 Å². The van der Waals surface area contributed by atoms with Crippen molar-refractivity contribution < 1.29 is 8.42 Å². The van der Waals surface area contributed by atoms with Crippen LogP contribution in [-0.2, 0) is 10.0 Å². The molecule has 0 spiro atoms. The summed E-state index contributed by atoms with van der Waals surface area (Å²) in [5.74, 6) is 0. The molecule has 4 aromatic rings. The van der Waals surface area contributed by atoms with Gasteiger partial charge in [-0.3, -0.25) is 0 Å². The van der Waals surface area contributed by atoms with Crippen molar-refractivity contribution >= 4 is 33.0 Å². The molecule has 0 fully saturated rings. The second kappa shape index (κ2) is 7.18. The number of nitrogens with two attached hydrogens (primary N) is 1. The standard InChI is InChI=1S/C20H16ClN3O2S2/c1-13-10-11-27-20(13)19-12-18(14-2-4-15(21)5-3-14)23-24(19)16-6-8-17(9-7-16)28(22,25)26/h2-12H,1H3,(H2,22,25,26). The molecule has 2 aromatic heterocycles. The van der Waals surface area contributed by atoms with Gasteiger partial charge in [0.25, 0.3) is 0 Å². The third kappa shape index (κ3) is 3.62. The first-order valence-corrected chi connectivity index (χ1v) is 11.2. The Labute approximate surface area is 172 Å². The van der Waals surface area contributed by atoms with Gasteiger partial charge in [0.1, 0.15) is 0 Å². The van der Waals surface area contributed by atoms with Gasteiger partial charge < -0.3 is 0 Å². The Morgan fingerprint density at radius 2 is 1.71 bits per heavy atom. The van der Waals surface area contributed by atoms with Crippen LogP contribution in [0.4, 0.5) is 0 Å². The lowest BCUT2D eigenvalue weighted by atomic mass is 10.1. The predicted octanol–water partition coefficient (Wildman–Crippen LogP) is 4.88. The van der Waals surface area contributed by atoms with E-state index >= 15 is 0 Å². The number of rotatable bonds is 4. The summed E-state index contributed by atoms with van der Waals surface area (Å²) in [6, 6.07) is 17.9. The van der Waals surface area contributed by atoms with E-state index < -0.39 is 10.0 Å². The Morgan fingerprint density at radius 3 is 2.29 bits per heavy atom. The second-order valence-corrected chi connectivity index (χ2v) is 9.22. The van der Waals surface area contributed by atoms with E-state index in [2.05, 4.69) is 13.0 Å². The fourth-order valence-electron chi connectivity index (χ4n) is 2.91. The van der Waals surface area contributed by atoms with Crippen molar-refractivity contribution in [1.29, 1.82) is 0 Å². The summed E-state index contributed by atoms with van der Waals surface area (Å²) in [6.07, 6.45) is 0. The highest BCUT2D eigenvalue weighted by atomic mass is 35.5. The fourth-order valence-corrected chi connectivity index (χ4v) is 4.48. The lowest BCUT2D eigenvalue weighted by Crippen LogP contribution is -2.12. The minimum atomic E-state index is -3.74. The maximum absolute atomic E-state index is 11.5. The molecule has 0 radical (unpaired) electrons. The van der Waals surface area contributed by atoms with Gasteiger partial charge >= 0.3 is 0 Å². The molecule has 0 aliphatic rings. The molecule has 2 N–H and O–H groups in total. The van der Waals surface area contributed by atoms with Crippen LogP contribution >= 0.6 is 22.9 Å². The Morgan fingerprint density at radius 1 is 1.04 bits per heavy atom. The number of nitrogens with zero attached hydrogens (tertiary/aromatic N) is 2. The van der Waals surface area contributed by atoms with E-state index in [9.17, 15) is 8.42 Å². The molecular formula is C20H16ClN3O2S2. The highest BCUT2D eigenvalue weighted by Crippen LogP contribution is 2.34. The average Bonchev–Trinajstić information content (AvgIpc) is 3.28. The van der Waals surface area contributed by atoms with E-state index in [-0.39, 0.29) is 4.90 Å². The van der Waals surface area contributed by atoms with Crippen molar-refractivity contribution in [1.82, 2.24) is 9.78 Å². The number of benzene rings is 2. The number of sulfonamides is 1. The molecule has 0 bridgehead atoms. The zero-order valence-corrected chi connectivity index (χ0v) is 17.2. The van der Waals surface area contributed by atoms with Gasteiger partial charge in [-0.15, -0.1) is 11.3 Å². The van der Waals surface area contributed by atoms with Crippen LogP contribution in [0.25, 0.3) is 27.5 Å². The molecule has 5 nitrogen and oxygen atoms in total. The monoisotopic (exact) mass is 429 g/mol. The minimum Gasteiger partial charge on any atom is -0.232 e. The van der Waals surface area contributed by atoms with Crippen molar-refractivity contribution in [2.45, 2.75) is 11.8 Å². The SMILES string of the molecule is Cc1ccsc1-c1cc(-c2ccc(Cl)cc2)nn1-c1ccc(S(N)(=O)=O)cc1. The number of aromatic nitrogens is 2. The summed E-state index contributed by atoms with van der Waals surface area (Å²) in [5, 5.41) is 12.7. The van der Waals surface area contributed by atoms with Crippen LogP contribution in [0, 0.1) is 6.92 Å². The fraction of sp³-hybridized carbons (Fsp3) is 0.0500. The molecule has 0 unspecified atom stereocenters. The zero-order chi connectivity index (χ0) is 19.9. The van der Waals surface area contributed by atoms with Crippen LogP contribution in [0.5, 0.6) is 0 Å². The average molecular weight is 430 g/mol. The van der Waals surface area contributed by atoms with E-state index in [1.807, 2.05) is 40.4 Å². The van der Waals surface area contributed by atoms with Crippen LogP contribution in [0.1, 0.15) is 5.56 Å². The smallest absolute Gasteiger partial charge is 0.232 e. The van der Waals surface area contributed by atoms with Crippen molar-refractivity contribution in [3.05, 3.63) is 76.6 Å². The van der Waals surface area contributed by atoms with Gasteiger partial charge in [-0.25, -0.2) is 18.2 Å². The molecule has 4 rings (SSSR count). The summed E-state index contributed by atoms with van der Waals surface area (Å²) in [7, 11) is -3.74. The van der Waals surface area contributed by atoms with E-state index in [1.165, 1.54) is 12.1 Å². The van der Waals surface area contributed by atoms with Crippen LogP contribution < -0.4 is 5.14 Å². The van der Waals surface area contributed by atoms with Crippen molar-refractivity contribution in [3.8, 4) is 27.5 Å². The molecule has 0 atom stereocenters. The molecule has 142 valence electrons. The Hall–Kier alpha value is -2.45. The van der Waals surface area contributed by atoms with Gasteiger partial charge in [0, 0.05) is 10.6 Å². The van der Waals surface area contributed by atoms with Gasteiger partial charge in [0.05, 0.1) is 26.8 Å². The quantitative estimate of drug-likeness (QED) is 0.502. The molecule has 28 heavy (non-hydrogen) atoms. The van der Waals surface area contributed by atoms with Gasteiger partial charge in [0.15, 0.2) is 0 Å². The maximum atomic E-state index is 11.5. The first-order chi connectivity index (χ1) is 13.3. The summed E-state index contributed by atoms with van der Waals surface area (Å²) < 4.78 is 24.9. The molecule has 0 aliphatic carbocycles. The highest BCUT2D eigenvalue weighted by Gasteiger charge is 2.16. The maximum Gasteiger partial charge on any atom is 0.238 e. The van der Waals surface area contributed by atoms with E-state index in [0.717, 1.165) is 33.1 Å². The van der Waals surface area contributed by atoms with E-state index in [4.69, 9.17) is 21.8 Å². The highest BCUT2D eigenvalue weighted by molar-refractivity contribution is 7.89. The lowest BCUT2D eigenvalue weighted by molar-refractivity contribution is 0.598. The minimum absolute atomic E-state index is 0.0650. The Kier molecular flexibility index (Phi) is 4.84.